The highest BCUT2D eigenvalue weighted by Gasteiger charge is 2.36. The molecular weight excluding hydrogens is 475 g/mol. The number of carbonyl (C=O) groups is 1. The van der Waals surface area contributed by atoms with Crippen molar-refractivity contribution in [2.45, 2.75) is 68.1 Å². The number of halogens is 3. The van der Waals surface area contributed by atoms with Gasteiger partial charge in [-0.2, -0.15) is 13.2 Å². The number of amides is 1. The minimum absolute atomic E-state index is 0.0588. The maximum absolute atomic E-state index is 12.6. The third-order valence-electron chi connectivity index (χ3n) is 6.62. The van der Waals surface area contributed by atoms with E-state index in [0.717, 1.165) is 49.2 Å². The van der Waals surface area contributed by atoms with Crippen LogP contribution in [0.25, 0.3) is 0 Å². The molecule has 0 bridgehead atoms. The lowest BCUT2D eigenvalue weighted by Crippen LogP contribution is -2.52. The van der Waals surface area contributed by atoms with Gasteiger partial charge in [0.1, 0.15) is 0 Å². The summed E-state index contributed by atoms with van der Waals surface area (Å²) in [5, 5.41) is 0. The third-order valence-corrected chi connectivity index (χ3v) is 9.12. The van der Waals surface area contributed by atoms with Crippen molar-refractivity contribution in [1.82, 2.24) is 4.90 Å². The van der Waals surface area contributed by atoms with Gasteiger partial charge in [0, 0.05) is 29.4 Å². The Kier molecular flexibility index (Phi) is 8.60. The van der Waals surface area contributed by atoms with Gasteiger partial charge in [0.05, 0.1) is 6.04 Å². The molecule has 186 valence electrons. The van der Waals surface area contributed by atoms with Crippen LogP contribution >= 0.6 is 11.8 Å². The number of sulfonamides is 1. The standard InChI is InChI=1S/C22H32F3N3O3S2/c1-28(18-3-2-4-18)21(29)20(26)16-7-5-15(6-8-16)13-32-19-11-9-17(10-12-19)27-33(30,31)14-22(23,24)25/h9-12,15-16,18,20,27H,2-8,13-14,26H2,1H3/t15?,16?,20-/m0/s1. The van der Waals surface area contributed by atoms with E-state index < -0.39 is 28.0 Å². The maximum Gasteiger partial charge on any atom is 0.404 e. The van der Waals surface area contributed by atoms with Crippen LogP contribution in [0.3, 0.4) is 0 Å². The first-order chi connectivity index (χ1) is 15.4. The van der Waals surface area contributed by atoms with Gasteiger partial charge in [-0.05, 0) is 81.0 Å². The van der Waals surface area contributed by atoms with Crippen molar-refractivity contribution in [3.8, 4) is 0 Å². The number of hydrogen-bond acceptors (Lipinski definition) is 5. The number of nitrogens with two attached hydrogens (primary N) is 1. The second-order valence-corrected chi connectivity index (χ2v) is 12.0. The fraction of sp³-hybridized carbons (Fsp3) is 0.682. The van der Waals surface area contributed by atoms with Crippen LogP contribution in [0, 0.1) is 11.8 Å². The lowest BCUT2D eigenvalue weighted by atomic mass is 9.78. The molecule has 0 aromatic heterocycles. The van der Waals surface area contributed by atoms with Gasteiger partial charge in [-0.15, -0.1) is 11.8 Å². The zero-order chi connectivity index (χ0) is 24.2. The molecular formula is C22H32F3N3O3S2. The van der Waals surface area contributed by atoms with Crippen LogP contribution in [0.15, 0.2) is 29.2 Å². The maximum atomic E-state index is 12.6. The molecule has 3 rings (SSSR count). The van der Waals surface area contributed by atoms with E-state index in [4.69, 9.17) is 5.73 Å². The topological polar surface area (TPSA) is 92.5 Å². The average Bonchev–Trinajstić information content (AvgIpc) is 2.69. The normalized spacial score (nSPS) is 22.9. The molecule has 1 atom stereocenters. The van der Waals surface area contributed by atoms with Crippen LogP contribution < -0.4 is 10.5 Å². The van der Waals surface area contributed by atoms with Crippen molar-refractivity contribution in [2.24, 2.45) is 17.6 Å². The molecule has 1 aromatic rings. The summed E-state index contributed by atoms with van der Waals surface area (Å²) in [4.78, 5) is 15.4. The van der Waals surface area contributed by atoms with Gasteiger partial charge in [-0.1, -0.05) is 0 Å². The summed E-state index contributed by atoms with van der Waals surface area (Å²) in [5.74, 6) is -0.251. The summed E-state index contributed by atoms with van der Waals surface area (Å²) in [5.41, 5.74) is 6.41. The summed E-state index contributed by atoms with van der Waals surface area (Å²) in [6.07, 6.45) is 2.38. The van der Waals surface area contributed by atoms with Crippen LogP contribution in [-0.2, 0) is 14.8 Å². The fourth-order valence-corrected chi connectivity index (χ4v) is 6.46. The number of hydrogen-bond donors (Lipinski definition) is 2. The Morgan fingerprint density at radius 3 is 2.27 bits per heavy atom. The number of rotatable bonds is 9. The van der Waals surface area contributed by atoms with Crippen LogP contribution in [0.5, 0.6) is 0 Å². The molecule has 6 nitrogen and oxygen atoms in total. The number of alkyl halides is 3. The molecule has 0 spiro atoms. The van der Waals surface area contributed by atoms with E-state index in [1.807, 2.05) is 16.7 Å². The molecule has 2 aliphatic rings. The molecule has 0 unspecified atom stereocenters. The van der Waals surface area contributed by atoms with Crippen molar-refractivity contribution in [2.75, 3.05) is 23.3 Å². The minimum Gasteiger partial charge on any atom is -0.341 e. The zero-order valence-electron chi connectivity index (χ0n) is 18.7. The fourth-order valence-electron chi connectivity index (χ4n) is 4.37. The van der Waals surface area contributed by atoms with E-state index in [0.29, 0.717) is 12.0 Å². The summed E-state index contributed by atoms with van der Waals surface area (Å²) in [7, 11) is -2.62. The molecule has 1 aromatic carbocycles. The molecule has 2 aliphatic carbocycles. The summed E-state index contributed by atoms with van der Waals surface area (Å²) < 4.78 is 62.1. The summed E-state index contributed by atoms with van der Waals surface area (Å²) in [6.45, 7) is 0. The van der Waals surface area contributed by atoms with E-state index >= 15 is 0 Å². The van der Waals surface area contributed by atoms with Crippen molar-refractivity contribution in [3.05, 3.63) is 24.3 Å². The third kappa shape index (κ3) is 7.78. The largest absolute Gasteiger partial charge is 0.404 e. The average molecular weight is 508 g/mol. The number of nitrogens with zero attached hydrogens (tertiary/aromatic N) is 1. The van der Waals surface area contributed by atoms with Gasteiger partial charge in [0.15, 0.2) is 5.75 Å². The Labute approximate surface area is 197 Å². The highest BCUT2D eigenvalue weighted by Crippen LogP contribution is 2.35. The van der Waals surface area contributed by atoms with Gasteiger partial charge < -0.3 is 10.6 Å². The van der Waals surface area contributed by atoms with E-state index in [-0.39, 0.29) is 17.5 Å². The number of carbonyl (C=O) groups excluding carboxylic acids is 1. The molecule has 0 saturated heterocycles. The van der Waals surface area contributed by atoms with Crippen LogP contribution in [0.2, 0.25) is 0 Å². The van der Waals surface area contributed by atoms with Crippen molar-refractivity contribution in [1.29, 1.82) is 0 Å². The van der Waals surface area contributed by atoms with Gasteiger partial charge in [0.25, 0.3) is 0 Å². The second kappa shape index (κ2) is 10.9. The summed E-state index contributed by atoms with van der Waals surface area (Å²) >= 11 is 1.64. The lowest BCUT2D eigenvalue weighted by molar-refractivity contribution is -0.136. The number of anilines is 1. The monoisotopic (exact) mass is 507 g/mol. The minimum atomic E-state index is -4.79. The predicted molar refractivity (Wildman–Crippen MR) is 124 cm³/mol. The first-order valence-corrected chi connectivity index (χ1v) is 13.9. The molecule has 3 N–H and O–H groups in total. The highest BCUT2D eigenvalue weighted by molar-refractivity contribution is 7.99. The quantitative estimate of drug-likeness (QED) is 0.488. The first kappa shape index (κ1) is 26.2. The number of nitrogens with one attached hydrogen (secondary N) is 1. The van der Waals surface area contributed by atoms with Gasteiger partial charge in [-0.3, -0.25) is 9.52 Å². The molecule has 11 heteroatoms. The molecule has 2 saturated carbocycles. The Balaban J connectivity index is 1.41. The molecule has 0 aliphatic heterocycles. The molecule has 0 heterocycles. The molecule has 0 radical (unpaired) electrons. The van der Waals surface area contributed by atoms with Crippen LogP contribution in [-0.4, -0.2) is 56.0 Å². The highest BCUT2D eigenvalue weighted by atomic mass is 32.2. The number of likely N-dealkylation sites (N-methyl/N-ethyl adjacent to an activating group) is 1. The van der Waals surface area contributed by atoms with Crippen molar-refractivity contribution < 1.29 is 26.4 Å². The van der Waals surface area contributed by atoms with E-state index in [1.54, 1.807) is 23.9 Å². The van der Waals surface area contributed by atoms with Gasteiger partial charge in [-0.25, -0.2) is 8.42 Å². The predicted octanol–water partition coefficient (Wildman–Crippen LogP) is 4.23. The van der Waals surface area contributed by atoms with Gasteiger partial charge >= 0.3 is 6.18 Å². The van der Waals surface area contributed by atoms with E-state index in [9.17, 15) is 26.4 Å². The lowest BCUT2D eigenvalue weighted by Gasteiger charge is -2.38. The molecule has 33 heavy (non-hydrogen) atoms. The van der Waals surface area contributed by atoms with E-state index in [1.165, 1.54) is 18.6 Å². The molecule has 1 amide bonds. The molecule has 2 fully saturated rings. The van der Waals surface area contributed by atoms with Crippen molar-refractivity contribution in [3.63, 3.8) is 0 Å². The number of thioether (sulfide) groups is 1. The zero-order valence-corrected chi connectivity index (χ0v) is 20.3. The van der Waals surface area contributed by atoms with Crippen molar-refractivity contribution >= 4 is 33.4 Å². The Morgan fingerprint density at radius 2 is 1.76 bits per heavy atom. The Hall–Kier alpha value is -1.46. The Bertz CT molecular complexity index is 898. The Morgan fingerprint density at radius 1 is 1.15 bits per heavy atom. The second-order valence-electron chi connectivity index (χ2n) is 9.15. The summed E-state index contributed by atoms with van der Waals surface area (Å²) in [6, 6.07) is 6.26. The van der Waals surface area contributed by atoms with Gasteiger partial charge in [0.2, 0.25) is 15.9 Å². The smallest absolute Gasteiger partial charge is 0.341 e. The SMILES string of the molecule is CN(C(=O)[C@@H](N)C1CCC(CSc2ccc(NS(=O)(=O)CC(F)(F)F)cc2)CC1)C1CCC1. The van der Waals surface area contributed by atoms with Crippen LogP contribution in [0.1, 0.15) is 44.9 Å². The van der Waals surface area contributed by atoms with Crippen LogP contribution in [0.4, 0.5) is 18.9 Å². The van der Waals surface area contributed by atoms with E-state index in [2.05, 4.69) is 0 Å². The first-order valence-electron chi connectivity index (χ1n) is 11.3. The number of benzene rings is 1.